The molecule has 1 atom stereocenters. The summed E-state index contributed by atoms with van der Waals surface area (Å²) in [4.78, 5) is 23.6. The quantitative estimate of drug-likeness (QED) is 0.694. The van der Waals surface area contributed by atoms with Crippen LogP contribution in [0.5, 0.6) is 0 Å². The van der Waals surface area contributed by atoms with Crippen LogP contribution in [-0.2, 0) is 9.59 Å². The Morgan fingerprint density at radius 1 is 1.32 bits per heavy atom. The lowest BCUT2D eigenvalue weighted by atomic mass is 10.2. The lowest BCUT2D eigenvalue weighted by molar-refractivity contribution is -0.127. The van der Waals surface area contributed by atoms with E-state index in [2.05, 4.69) is 20.8 Å². The maximum atomic E-state index is 13.7. The summed E-state index contributed by atoms with van der Waals surface area (Å²) in [5, 5.41) is 13.0. The van der Waals surface area contributed by atoms with Gasteiger partial charge >= 0.3 is 0 Å². The van der Waals surface area contributed by atoms with Gasteiger partial charge in [0, 0.05) is 6.54 Å². The molecule has 0 radical (unpaired) electrons. The van der Waals surface area contributed by atoms with E-state index in [1.807, 2.05) is 6.92 Å². The van der Waals surface area contributed by atoms with Gasteiger partial charge in [-0.2, -0.15) is 0 Å². The van der Waals surface area contributed by atoms with Gasteiger partial charge in [0.25, 0.3) is 11.1 Å². The van der Waals surface area contributed by atoms with Crippen molar-refractivity contribution in [3.05, 3.63) is 30.1 Å². The second-order valence-corrected chi connectivity index (χ2v) is 6.15. The van der Waals surface area contributed by atoms with Gasteiger partial charge in [-0.25, -0.2) is 4.39 Å². The molecule has 0 bridgehead atoms. The van der Waals surface area contributed by atoms with E-state index in [0.29, 0.717) is 6.54 Å². The Morgan fingerprint density at radius 2 is 2.08 bits per heavy atom. The molecule has 7 nitrogen and oxygen atoms in total. The number of aromatic nitrogens is 2. The topological polar surface area (TPSA) is 97.1 Å². The van der Waals surface area contributed by atoms with Crippen LogP contribution < -0.4 is 10.6 Å². The average Bonchev–Trinajstić information content (AvgIpc) is 3.07. The first-order valence-electron chi connectivity index (χ1n) is 7.79. The number of carbonyl (C=O) groups is 2. The fourth-order valence-corrected chi connectivity index (χ4v) is 2.46. The Bertz CT molecular complexity index is 738. The zero-order valence-corrected chi connectivity index (χ0v) is 14.7. The summed E-state index contributed by atoms with van der Waals surface area (Å²) < 4.78 is 19.0. The third-order valence-corrected chi connectivity index (χ3v) is 3.98. The summed E-state index contributed by atoms with van der Waals surface area (Å²) in [5.41, 5.74) is 0.201. The Morgan fingerprint density at radius 3 is 2.80 bits per heavy atom. The van der Waals surface area contributed by atoms with Crippen LogP contribution in [0.1, 0.15) is 20.3 Å². The molecule has 0 spiro atoms. The van der Waals surface area contributed by atoms with Gasteiger partial charge in [0.2, 0.25) is 11.8 Å². The van der Waals surface area contributed by atoms with Crippen molar-refractivity contribution in [3.8, 4) is 11.5 Å². The molecule has 2 amide bonds. The fraction of sp³-hybridized carbons (Fsp3) is 0.375. The number of nitrogens with one attached hydrogen (secondary N) is 2. The van der Waals surface area contributed by atoms with Gasteiger partial charge in [0.15, 0.2) is 0 Å². The minimum atomic E-state index is -0.628. The van der Waals surface area contributed by atoms with E-state index in [4.69, 9.17) is 4.42 Å². The normalized spacial score (nSPS) is 11.8. The van der Waals surface area contributed by atoms with Crippen LogP contribution in [0.25, 0.3) is 11.5 Å². The van der Waals surface area contributed by atoms with Crippen LogP contribution in [-0.4, -0.2) is 40.4 Å². The molecule has 0 aliphatic rings. The summed E-state index contributed by atoms with van der Waals surface area (Å²) >= 11 is 1.01. The molecule has 2 aromatic rings. The van der Waals surface area contributed by atoms with Crippen LogP contribution in [0.4, 0.5) is 4.39 Å². The molecular weight excluding hydrogens is 347 g/mol. The van der Waals surface area contributed by atoms with Crippen LogP contribution >= 0.6 is 11.8 Å². The number of carbonyl (C=O) groups excluding carboxylic acids is 2. The lowest BCUT2D eigenvalue weighted by Crippen LogP contribution is -2.45. The summed E-state index contributed by atoms with van der Waals surface area (Å²) in [6.07, 6.45) is 0.823. The summed E-state index contributed by atoms with van der Waals surface area (Å²) in [6.45, 7) is 4.12. The third-order valence-electron chi connectivity index (χ3n) is 3.16. The van der Waals surface area contributed by atoms with E-state index in [1.54, 1.807) is 19.1 Å². The highest BCUT2D eigenvalue weighted by molar-refractivity contribution is 7.99. The molecule has 2 rings (SSSR count). The molecule has 2 N–H and O–H groups in total. The van der Waals surface area contributed by atoms with E-state index in [1.165, 1.54) is 12.1 Å². The van der Waals surface area contributed by atoms with Gasteiger partial charge in [-0.05, 0) is 25.5 Å². The molecule has 0 aliphatic carbocycles. The van der Waals surface area contributed by atoms with E-state index in [9.17, 15) is 14.0 Å². The van der Waals surface area contributed by atoms with Gasteiger partial charge in [0.05, 0.1) is 11.3 Å². The molecule has 9 heteroatoms. The van der Waals surface area contributed by atoms with Gasteiger partial charge in [-0.15, -0.1) is 10.2 Å². The Hall–Kier alpha value is -2.42. The number of amides is 2. The number of halogens is 1. The summed E-state index contributed by atoms with van der Waals surface area (Å²) in [7, 11) is 0. The smallest absolute Gasteiger partial charge is 0.277 e. The summed E-state index contributed by atoms with van der Waals surface area (Å²) in [5.74, 6) is -0.986. The average molecular weight is 366 g/mol. The number of hydrogen-bond acceptors (Lipinski definition) is 6. The summed E-state index contributed by atoms with van der Waals surface area (Å²) in [6, 6.07) is 5.42. The van der Waals surface area contributed by atoms with Gasteiger partial charge in [-0.3, -0.25) is 9.59 Å². The van der Waals surface area contributed by atoms with Crippen molar-refractivity contribution in [1.29, 1.82) is 0 Å². The lowest BCUT2D eigenvalue weighted by Gasteiger charge is -2.13. The highest BCUT2D eigenvalue weighted by Crippen LogP contribution is 2.24. The van der Waals surface area contributed by atoms with E-state index in [-0.39, 0.29) is 34.2 Å². The monoisotopic (exact) mass is 366 g/mol. The van der Waals surface area contributed by atoms with Crippen LogP contribution in [0.15, 0.2) is 33.9 Å². The molecule has 1 aromatic carbocycles. The molecule has 25 heavy (non-hydrogen) atoms. The molecule has 0 aliphatic heterocycles. The third kappa shape index (κ3) is 5.56. The van der Waals surface area contributed by atoms with Crippen molar-refractivity contribution in [2.45, 2.75) is 31.5 Å². The Kier molecular flexibility index (Phi) is 6.93. The molecule has 1 aromatic heterocycles. The minimum absolute atomic E-state index is 0.00427. The Labute approximate surface area is 148 Å². The van der Waals surface area contributed by atoms with Crippen LogP contribution in [0.3, 0.4) is 0 Å². The van der Waals surface area contributed by atoms with Crippen LogP contribution in [0.2, 0.25) is 0 Å². The maximum Gasteiger partial charge on any atom is 0.277 e. The SMILES string of the molecule is CCCNC(=O)[C@H](C)NC(=O)CSc1nnc(-c2ccccc2F)o1. The van der Waals surface area contributed by atoms with E-state index >= 15 is 0 Å². The van der Waals surface area contributed by atoms with Crippen molar-refractivity contribution in [2.24, 2.45) is 0 Å². The minimum Gasteiger partial charge on any atom is -0.411 e. The molecule has 134 valence electrons. The largest absolute Gasteiger partial charge is 0.411 e. The molecule has 0 fully saturated rings. The van der Waals surface area contributed by atoms with Crippen molar-refractivity contribution < 1.29 is 18.4 Å². The first-order valence-corrected chi connectivity index (χ1v) is 8.78. The van der Waals surface area contributed by atoms with Gasteiger partial charge < -0.3 is 15.1 Å². The number of thioether (sulfide) groups is 1. The molecule has 0 unspecified atom stereocenters. The predicted octanol–water partition coefficient (Wildman–Crippen LogP) is 2.00. The fourth-order valence-electron chi connectivity index (χ4n) is 1.89. The number of hydrogen-bond donors (Lipinski definition) is 2. The van der Waals surface area contributed by atoms with Crippen LogP contribution in [0, 0.1) is 5.82 Å². The van der Waals surface area contributed by atoms with Crippen molar-refractivity contribution in [1.82, 2.24) is 20.8 Å². The number of benzene rings is 1. The molecule has 0 saturated carbocycles. The number of rotatable bonds is 8. The standard InChI is InChI=1S/C16H19FN4O3S/c1-3-8-18-14(23)10(2)19-13(22)9-25-16-21-20-15(24-16)11-6-4-5-7-12(11)17/h4-7,10H,3,8-9H2,1-2H3,(H,18,23)(H,19,22)/t10-/m0/s1. The van der Waals surface area contributed by atoms with E-state index < -0.39 is 11.9 Å². The molecule has 1 heterocycles. The second kappa shape index (κ2) is 9.16. The molecule has 0 saturated heterocycles. The Balaban J connectivity index is 1.84. The molecular formula is C16H19FN4O3S. The number of nitrogens with zero attached hydrogens (tertiary/aromatic N) is 2. The maximum absolute atomic E-state index is 13.7. The van der Waals surface area contributed by atoms with Crippen molar-refractivity contribution in [3.63, 3.8) is 0 Å². The second-order valence-electron chi connectivity index (χ2n) is 5.22. The van der Waals surface area contributed by atoms with Gasteiger partial charge in [0.1, 0.15) is 11.9 Å². The van der Waals surface area contributed by atoms with E-state index in [0.717, 1.165) is 18.2 Å². The van der Waals surface area contributed by atoms with Crippen molar-refractivity contribution >= 4 is 23.6 Å². The first kappa shape index (κ1) is 18.9. The zero-order chi connectivity index (χ0) is 18.2. The highest BCUT2D eigenvalue weighted by Gasteiger charge is 2.17. The van der Waals surface area contributed by atoms with Gasteiger partial charge in [-0.1, -0.05) is 30.8 Å². The predicted molar refractivity (Wildman–Crippen MR) is 91.3 cm³/mol. The highest BCUT2D eigenvalue weighted by atomic mass is 32.2. The first-order chi connectivity index (χ1) is 12.0. The zero-order valence-electron chi connectivity index (χ0n) is 13.9. The van der Waals surface area contributed by atoms with Crippen molar-refractivity contribution in [2.75, 3.05) is 12.3 Å².